The largest absolute Gasteiger partial charge is 0.497 e. The van der Waals surface area contributed by atoms with Crippen LogP contribution in [0.15, 0.2) is 24.3 Å². The van der Waals surface area contributed by atoms with Gasteiger partial charge in [0.2, 0.25) is 5.91 Å². The monoisotopic (exact) mass is 360 g/mol. The Labute approximate surface area is 152 Å². The minimum Gasteiger partial charge on any atom is -0.497 e. The Kier molecular flexibility index (Phi) is 5.15. The van der Waals surface area contributed by atoms with Gasteiger partial charge in [-0.1, -0.05) is 12.1 Å². The molecule has 0 radical (unpaired) electrons. The molecule has 0 bridgehead atoms. The van der Waals surface area contributed by atoms with Crippen LogP contribution in [-0.2, 0) is 24.5 Å². The van der Waals surface area contributed by atoms with E-state index in [2.05, 4.69) is 4.74 Å². The fourth-order valence-electron chi connectivity index (χ4n) is 3.43. The van der Waals surface area contributed by atoms with Crippen LogP contribution < -0.4 is 4.74 Å². The van der Waals surface area contributed by atoms with Crippen molar-refractivity contribution in [2.75, 3.05) is 27.3 Å². The van der Waals surface area contributed by atoms with E-state index in [4.69, 9.17) is 4.74 Å². The minimum atomic E-state index is -0.544. The number of methoxy groups -OCH3 is 2. The van der Waals surface area contributed by atoms with Gasteiger partial charge in [0.05, 0.1) is 26.1 Å². The van der Waals surface area contributed by atoms with E-state index >= 15 is 0 Å². The zero-order chi connectivity index (χ0) is 18.7. The van der Waals surface area contributed by atoms with Crippen LogP contribution >= 0.6 is 0 Å². The number of hydrogen-bond acceptors (Lipinski definition) is 5. The molecule has 0 aromatic heterocycles. The zero-order valence-corrected chi connectivity index (χ0v) is 15.2. The smallest absolute Gasteiger partial charge is 0.306 e. The Morgan fingerprint density at radius 3 is 2.23 bits per heavy atom. The summed E-state index contributed by atoms with van der Waals surface area (Å²) < 4.78 is 9.76. The van der Waals surface area contributed by atoms with Crippen molar-refractivity contribution in [2.45, 2.75) is 37.5 Å². The van der Waals surface area contributed by atoms with Crippen molar-refractivity contribution in [2.24, 2.45) is 0 Å². The molecule has 2 aliphatic rings. The molecule has 0 unspecified atom stereocenters. The molecule has 0 atom stereocenters. The van der Waals surface area contributed by atoms with Gasteiger partial charge >= 0.3 is 5.97 Å². The third-order valence-corrected chi connectivity index (χ3v) is 5.13. The highest BCUT2D eigenvalue weighted by atomic mass is 16.5. The lowest BCUT2D eigenvalue weighted by Gasteiger charge is -2.31. The van der Waals surface area contributed by atoms with E-state index in [1.807, 2.05) is 24.3 Å². The summed E-state index contributed by atoms with van der Waals surface area (Å²) in [5.74, 6) is 0.0727. The van der Waals surface area contributed by atoms with Gasteiger partial charge in [0.15, 0.2) is 0 Å². The molecule has 2 fully saturated rings. The lowest BCUT2D eigenvalue weighted by molar-refractivity contribution is -0.160. The molecule has 3 rings (SSSR count). The molecule has 1 aromatic rings. The summed E-state index contributed by atoms with van der Waals surface area (Å²) in [5.41, 5.74) is 0.412. The maximum absolute atomic E-state index is 13.2. The van der Waals surface area contributed by atoms with E-state index in [0.717, 1.165) is 30.6 Å². The number of ether oxygens (including phenoxy) is 2. The lowest BCUT2D eigenvalue weighted by Crippen LogP contribution is -2.49. The quantitative estimate of drug-likeness (QED) is 0.721. The molecule has 7 nitrogen and oxygen atoms in total. The highest BCUT2D eigenvalue weighted by molar-refractivity contribution is 5.93. The molecule has 1 aliphatic carbocycles. The van der Waals surface area contributed by atoms with Gasteiger partial charge in [-0.15, -0.1) is 0 Å². The van der Waals surface area contributed by atoms with E-state index in [-0.39, 0.29) is 24.7 Å². The average molecular weight is 360 g/mol. The van der Waals surface area contributed by atoms with Crippen molar-refractivity contribution in [3.8, 4) is 5.75 Å². The number of carbonyl (C=O) groups excluding carboxylic acids is 3. The summed E-state index contributed by atoms with van der Waals surface area (Å²) in [7, 11) is 2.90. The third kappa shape index (κ3) is 3.38. The Hall–Kier alpha value is -2.57. The first-order valence-corrected chi connectivity index (χ1v) is 8.85. The van der Waals surface area contributed by atoms with E-state index in [0.29, 0.717) is 13.1 Å². The molecular formula is C19H24N2O5. The molecule has 2 amide bonds. The number of rotatable bonds is 6. The topological polar surface area (TPSA) is 76.2 Å². The van der Waals surface area contributed by atoms with Crippen LogP contribution in [0, 0.1) is 0 Å². The van der Waals surface area contributed by atoms with Gasteiger partial charge in [-0.3, -0.25) is 24.4 Å². The van der Waals surface area contributed by atoms with Gasteiger partial charge in [0.25, 0.3) is 5.91 Å². The SMILES string of the molecule is COC(=O)CCC(=O)N1CCCN1C(=O)C1(c2ccc(OC)cc2)CC1. The first kappa shape index (κ1) is 18.2. The summed E-state index contributed by atoms with van der Waals surface area (Å²) >= 11 is 0. The van der Waals surface area contributed by atoms with Gasteiger partial charge in [0, 0.05) is 19.5 Å². The first-order chi connectivity index (χ1) is 12.5. The van der Waals surface area contributed by atoms with Gasteiger partial charge in [-0.25, -0.2) is 0 Å². The van der Waals surface area contributed by atoms with Crippen molar-refractivity contribution < 1.29 is 23.9 Å². The highest BCUT2D eigenvalue weighted by Gasteiger charge is 2.54. The van der Waals surface area contributed by atoms with Crippen molar-refractivity contribution in [1.82, 2.24) is 10.0 Å². The maximum atomic E-state index is 13.2. The van der Waals surface area contributed by atoms with Crippen molar-refractivity contribution in [3.05, 3.63) is 29.8 Å². The lowest BCUT2D eigenvalue weighted by atomic mass is 9.94. The van der Waals surface area contributed by atoms with E-state index in [9.17, 15) is 14.4 Å². The standard InChI is InChI=1S/C19H24N2O5/c1-25-15-6-4-14(5-7-15)19(10-11-19)18(24)21-13-3-12-20(21)16(22)8-9-17(23)26-2/h4-7H,3,8-13H2,1-2H3. The van der Waals surface area contributed by atoms with Crippen LogP contribution in [0.4, 0.5) is 0 Å². The van der Waals surface area contributed by atoms with Crippen LogP contribution in [0.2, 0.25) is 0 Å². The van der Waals surface area contributed by atoms with Crippen LogP contribution in [0.1, 0.15) is 37.7 Å². The van der Waals surface area contributed by atoms with Crippen LogP contribution in [0.3, 0.4) is 0 Å². The summed E-state index contributed by atoms with van der Waals surface area (Å²) in [6.07, 6.45) is 2.37. The predicted octanol–water partition coefficient (Wildman–Crippen LogP) is 1.66. The number of benzene rings is 1. The highest BCUT2D eigenvalue weighted by Crippen LogP contribution is 2.50. The van der Waals surface area contributed by atoms with Gasteiger partial charge in [-0.05, 0) is 37.0 Å². The number of esters is 1. The van der Waals surface area contributed by atoms with E-state index < -0.39 is 11.4 Å². The molecule has 1 saturated heterocycles. The number of hydrazine groups is 1. The summed E-state index contributed by atoms with van der Waals surface area (Å²) in [6.45, 7) is 1.03. The Morgan fingerprint density at radius 2 is 1.65 bits per heavy atom. The molecule has 140 valence electrons. The van der Waals surface area contributed by atoms with Crippen LogP contribution in [0.25, 0.3) is 0 Å². The molecule has 0 spiro atoms. The summed E-state index contributed by atoms with van der Waals surface area (Å²) in [6, 6.07) is 7.55. The van der Waals surface area contributed by atoms with Gasteiger partial charge in [0.1, 0.15) is 5.75 Å². The Balaban J connectivity index is 1.71. The first-order valence-electron chi connectivity index (χ1n) is 8.85. The normalized spacial score (nSPS) is 17.8. The maximum Gasteiger partial charge on any atom is 0.306 e. The van der Waals surface area contributed by atoms with Crippen molar-refractivity contribution in [1.29, 1.82) is 0 Å². The van der Waals surface area contributed by atoms with Crippen molar-refractivity contribution in [3.63, 3.8) is 0 Å². The summed E-state index contributed by atoms with van der Waals surface area (Å²) in [5, 5.41) is 3.06. The fourth-order valence-corrected chi connectivity index (χ4v) is 3.43. The summed E-state index contributed by atoms with van der Waals surface area (Å²) in [4.78, 5) is 36.9. The second kappa shape index (κ2) is 7.35. The molecule has 1 heterocycles. The number of amides is 2. The number of nitrogens with zero attached hydrogens (tertiary/aromatic N) is 2. The third-order valence-electron chi connectivity index (χ3n) is 5.13. The molecule has 7 heteroatoms. The molecule has 1 saturated carbocycles. The average Bonchev–Trinajstić information content (AvgIpc) is 3.34. The predicted molar refractivity (Wildman–Crippen MR) is 93.2 cm³/mol. The fraction of sp³-hybridized carbons (Fsp3) is 0.526. The Morgan fingerprint density at radius 1 is 1.00 bits per heavy atom. The molecule has 0 N–H and O–H groups in total. The minimum absolute atomic E-state index is 0.0253. The number of hydrogen-bond donors (Lipinski definition) is 0. The second-order valence-corrected chi connectivity index (χ2v) is 6.69. The zero-order valence-electron chi connectivity index (χ0n) is 15.2. The molecular weight excluding hydrogens is 336 g/mol. The Bertz CT molecular complexity index is 696. The van der Waals surface area contributed by atoms with Crippen molar-refractivity contribution >= 4 is 17.8 Å². The van der Waals surface area contributed by atoms with E-state index in [1.165, 1.54) is 12.1 Å². The molecule has 1 aromatic carbocycles. The number of carbonyl (C=O) groups is 3. The molecule has 1 aliphatic heterocycles. The molecule has 26 heavy (non-hydrogen) atoms. The van der Waals surface area contributed by atoms with Crippen LogP contribution in [-0.4, -0.2) is 55.1 Å². The van der Waals surface area contributed by atoms with Gasteiger partial charge < -0.3 is 9.47 Å². The van der Waals surface area contributed by atoms with Crippen LogP contribution in [0.5, 0.6) is 5.75 Å². The second-order valence-electron chi connectivity index (χ2n) is 6.69. The van der Waals surface area contributed by atoms with Gasteiger partial charge in [-0.2, -0.15) is 0 Å². The van der Waals surface area contributed by atoms with E-state index in [1.54, 1.807) is 12.1 Å².